The van der Waals surface area contributed by atoms with Crippen LogP contribution >= 0.6 is 0 Å². The molecule has 6 nitrogen and oxygen atoms in total. The smallest absolute Gasteiger partial charge is 0.315 e. The summed E-state index contributed by atoms with van der Waals surface area (Å²) in [5.74, 6) is -0.187. The van der Waals surface area contributed by atoms with Gasteiger partial charge in [-0.1, -0.05) is 13.0 Å². The van der Waals surface area contributed by atoms with Crippen LogP contribution in [0.15, 0.2) is 18.2 Å². The SMILES string of the molecule is CC[C@@H](C)NC(=O)[C@@H](C)NC(=O)NCc1cccc(C)n1. The zero-order valence-corrected chi connectivity index (χ0v) is 13.1. The van der Waals surface area contributed by atoms with Crippen LogP contribution in [0, 0.1) is 6.92 Å². The number of hydrogen-bond donors (Lipinski definition) is 3. The minimum absolute atomic E-state index is 0.0984. The molecule has 0 spiro atoms. The van der Waals surface area contributed by atoms with Gasteiger partial charge in [0.2, 0.25) is 5.91 Å². The van der Waals surface area contributed by atoms with Crippen LogP contribution in [0.5, 0.6) is 0 Å². The highest BCUT2D eigenvalue weighted by Gasteiger charge is 2.16. The first-order valence-corrected chi connectivity index (χ1v) is 7.19. The summed E-state index contributed by atoms with van der Waals surface area (Å²) in [6.45, 7) is 7.79. The first-order chi connectivity index (χ1) is 9.92. The van der Waals surface area contributed by atoms with Gasteiger partial charge in [-0.05, 0) is 39.3 Å². The summed E-state index contributed by atoms with van der Waals surface area (Å²) in [5, 5.41) is 8.11. The number of carbonyl (C=O) groups is 2. The average molecular weight is 292 g/mol. The van der Waals surface area contributed by atoms with Crippen LogP contribution in [0.2, 0.25) is 0 Å². The summed E-state index contributed by atoms with van der Waals surface area (Å²) in [6, 6.07) is 4.76. The van der Waals surface area contributed by atoms with Crippen molar-refractivity contribution >= 4 is 11.9 Å². The van der Waals surface area contributed by atoms with E-state index < -0.39 is 6.04 Å². The fraction of sp³-hybridized carbons (Fsp3) is 0.533. The van der Waals surface area contributed by atoms with Crippen molar-refractivity contribution < 1.29 is 9.59 Å². The van der Waals surface area contributed by atoms with Gasteiger partial charge in [-0.25, -0.2) is 4.79 Å². The molecule has 3 amide bonds. The first-order valence-electron chi connectivity index (χ1n) is 7.19. The van der Waals surface area contributed by atoms with E-state index in [0.29, 0.717) is 6.54 Å². The van der Waals surface area contributed by atoms with E-state index in [2.05, 4.69) is 20.9 Å². The van der Waals surface area contributed by atoms with Crippen LogP contribution in [-0.2, 0) is 11.3 Å². The number of hydrogen-bond acceptors (Lipinski definition) is 3. The van der Waals surface area contributed by atoms with E-state index in [1.807, 2.05) is 39.0 Å². The Morgan fingerprint density at radius 1 is 1.24 bits per heavy atom. The van der Waals surface area contributed by atoms with E-state index >= 15 is 0 Å². The summed E-state index contributed by atoms with van der Waals surface area (Å²) in [6.07, 6.45) is 0.851. The average Bonchev–Trinajstić information content (AvgIpc) is 2.45. The lowest BCUT2D eigenvalue weighted by Crippen LogP contribution is -2.50. The van der Waals surface area contributed by atoms with Crippen LogP contribution in [0.4, 0.5) is 4.79 Å². The minimum atomic E-state index is -0.579. The lowest BCUT2D eigenvalue weighted by Gasteiger charge is -2.17. The maximum Gasteiger partial charge on any atom is 0.315 e. The molecule has 0 saturated heterocycles. The normalized spacial score (nSPS) is 13.1. The second kappa shape index (κ2) is 8.24. The summed E-state index contributed by atoms with van der Waals surface area (Å²) in [7, 11) is 0. The maximum atomic E-state index is 11.8. The molecular formula is C15H24N4O2. The zero-order valence-electron chi connectivity index (χ0n) is 13.1. The van der Waals surface area contributed by atoms with E-state index in [0.717, 1.165) is 17.8 Å². The van der Waals surface area contributed by atoms with Crippen molar-refractivity contribution in [3.8, 4) is 0 Å². The second-order valence-electron chi connectivity index (χ2n) is 5.14. The highest BCUT2D eigenvalue weighted by Crippen LogP contribution is 1.97. The standard InChI is InChI=1S/C15H24N4O2/c1-5-10(2)18-14(20)12(4)19-15(21)16-9-13-8-6-7-11(3)17-13/h6-8,10,12H,5,9H2,1-4H3,(H,18,20)(H2,16,19,21)/t10-,12-/m1/s1. The van der Waals surface area contributed by atoms with Gasteiger partial charge < -0.3 is 16.0 Å². The van der Waals surface area contributed by atoms with Crippen molar-refractivity contribution in [1.82, 2.24) is 20.9 Å². The Balaban J connectivity index is 2.37. The Hall–Kier alpha value is -2.11. The topological polar surface area (TPSA) is 83.1 Å². The van der Waals surface area contributed by atoms with E-state index in [1.165, 1.54) is 0 Å². The monoisotopic (exact) mass is 292 g/mol. The molecule has 1 rings (SSSR count). The van der Waals surface area contributed by atoms with Gasteiger partial charge in [0.15, 0.2) is 0 Å². The van der Waals surface area contributed by atoms with E-state index in [4.69, 9.17) is 0 Å². The van der Waals surface area contributed by atoms with Crippen molar-refractivity contribution in [2.24, 2.45) is 0 Å². The maximum absolute atomic E-state index is 11.8. The molecule has 0 aliphatic heterocycles. The molecule has 1 aromatic heterocycles. The Labute approximate surface area is 125 Å². The Morgan fingerprint density at radius 2 is 1.95 bits per heavy atom. The van der Waals surface area contributed by atoms with Crippen LogP contribution in [0.1, 0.15) is 38.6 Å². The van der Waals surface area contributed by atoms with Gasteiger partial charge in [-0.3, -0.25) is 9.78 Å². The van der Waals surface area contributed by atoms with Crippen LogP contribution in [0.3, 0.4) is 0 Å². The van der Waals surface area contributed by atoms with Crippen molar-refractivity contribution in [1.29, 1.82) is 0 Å². The lowest BCUT2D eigenvalue weighted by molar-refractivity contribution is -0.123. The van der Waals surface area contributed by atoms with Crippen LogP contribution in [0.25, 0.3) is 0 Å². The molecule has 21 heavy (non-hydrogen) atoms. The fourth-order valence-electron chi connectivity index (χ4n) is 1.65. The van der Waals surface area contributed by atoms with Gasteiger partial charge in [0.25, 0.3) is 0 Å². The summed E-state index contributed by atoms with van der Waals surface area (Å²) >= 11 is 0. The fourth-order valence-corrected chi connectivity index (χ4v) is 1.65. The molecule has 1 heterocycles. The number of nitrogens with zero attached hydrogens (tertiary/aromatic N) is 1. The van der Waals surface area contributed by atoms with Crippen LogP contribution in [-0.4, -0.2) is 29.0 Å². The molecule has 2 atom stereocenters. The minimum Gasteiger partial charge on any atom is -0.352 e. The van der Waals surface area contributed by atoms with E-state index in [-0.39, 0.29) is 18.0 Å². The number of rotatable bonds is 6. The van der Waals surface area contributed by atoms with Gasteiger partial charge in [0, 0.05) is 11.7 Å². The highest BCUT2D eigenvalue weighted by molar-refractivity contribution is 5.86. The molecule has 0 radical (unpaired) electrons. The molecule has 0 fully saturated rings. The third-order valence-electron chi connectivity index (χ3n) is 3.12. The molecule has 1 aromatic rings. The number of urea groups is 1. The number of amides is 3. The third-order valence-corrected chi connectivity index (χ3v) is 3.12. The first kappa shape index (κ1) is 16.9. The van der Waals surface area contributed by atoms with E-state index in [9.17, 15) is 9.59 Å². The molecule has 0 aliphatic carbocycles. The van der Waals surface area contributed by atoms with Gasteiger partial charge in [-0.2, -0.15) is 0 Å². The molecule has 3 N–H and O–H groups in total. The van der Waals surface area contributed by atoms with Gasteiger partial charge in [0.1, 0.15) is 6.04 Å². The molecule has 0 aromatic carbocycles. The molecule has 116 valence electrons. The largest absolute Gasteiger partial charge is 0.352 e. The number of pyridine rings is 1. The summed E-state index contributed by atoms with van der Waals surface area (Å²) in [4.78, 5) is 27.8. The number of carbonyl (C=O) groups excluding carboxylic acids is 2. The number of aryl methyl sites for hydroxylation is 1. The Kier molecular flexibility index (Phi) is 6.65. The molecule has 0 aliphatic rings. The quantitative estimate of drug-likeness (QED) is 0.743. The lowest BCUT2D eigenvalue weighted by atomic mass is 10.2. The number of aromatic nitrogens is 1. The second-order valence-corrected chi connectivity index (χ2v) is 5.14. The third kappa shape index (κ3) is 6.25. The molecule has 0 unspecified atom stereocenters. The Morgan fingerprint density at radius 3 is 2.57 bits per heavy atom. The van der Waals surface area contributed by atoms with Crippen molar-refractivity contribution in [3.63, 3.8) is 0 Å². The highest BCUT2D eigenvalue weighted by atomic mass is 16.2. The predicted molar refractivity (Wildman–Crippen MR) is 81.7 cm³/mol. The summed E-state index contributed by atoms with van der Waals surface area (Å²) in [5.41, 5.74) is 1.68. The van der Waals surface area contributed by atoms with Crippen molar-refractivity contribution in [2.45, 2.75) is 52.7 Å². The summed E-state index contributed by atoms with van der Waals surface area (Å²) < 4.78 is 0. The van der Waals surface area contributed by atoms with Crippen LogP contribution < -0.4 is 16.0 Å². The van der Waals surface area contributed by atoms with E-state index in [1.54, 1.807) is 6.92 Å². The van der Waals surface area contributed by atoms with Gasteiger partial charge in [-0.15, -0.1) is 0 Å². The van der Waals surface area contributed by atoms with Crippen molar-refractivity contribution in [3.05, 3.63) is 29.6 Å². The Bertz CT molecular complexity index is 490. The van der Waals surface area contributed by atoms with Gasteiger partial charge in [0.05, 0.1) is 12.2 Å². The van der Waals surface area contributed by atoms with Gasteiger partial charge >= 0.3 is 6.03 Å². The molecular weight excluding hydrogens is 268 g/mol. The molecule has 6 heteroatoms. The predicted octanol–water partition coefficient (Wildman–Crippen LogP) is 1.49. The number of nitrogens with one attached hydrogen (secondary N) is 3. The molecule has 0 bridgehead atoms. The zero-order chi connectivity index (χ0) is 15.8. The van der Waals surface area contributed by atoms with Crippen molar-refractivity contribution in [2.75, 3.05) is 0 Å². The molecule has 0 saturated carbocycles.